The Balaban J connectivity index is 2.38. The molecule has 112 valence electrons. The van der Waals surface area contributed by atoms with Crippen LogP contribution in [0.5, 0.6) is 0 Å². The highest BCUT2D eigenvalue weighted by molar-refractivity contribution is 7.89. The molecule has 1 fully saturated rings. The lowest BCUT2D eigenvalue weighted by molar-refractivity contribution is 0.342. The van der Waals surface area contributed by atoms with Gasteiger partial charge in [0.1, 0.15) is 5.82 Å². The largest absolute Gasteiger partial charge is 0.243 e. The van der Waals surface area contributed by atoms with Gasteiger partial charge in [-0.3, -0.25) is 0 Å². The molecule has 2 rings (SSSR count). The maximum Gasteiger partial charge on any atom is 0.243 e. The molecule has 0 amide bonds. The van der Waals surface area contributed by atoms with E-state index in [9.17, 15) is 12.8 Å². The van der Waals surface area contributed by atoms with Gasteiger partial charge in [0.2, 0.25) is 10.0 Å². The van der Waals surface area contributed by atoms with Gasteiger partial charge in [0, 0.05) is 18.2 Å². The van der Waals surface area contributed by atoms with Crippen molar-refractivity contribution >= 4 is 21.6 Å². The van der Waals surface area contributed by atoms with Gasteiger partial charge in [0.05, 0.1) is 10.8 Å². The Labute approximate surface area is 124 Å². The molecule has 6 heteroatoms. The zero-order valence-electron chi connectivity index (χ0n) is 11.5. The van der Waals surface area contributed by atoms with Crippen LogP contribution in [0, 0.1) is 5.82 Å². The molecule has 1 aliphatic heterocycles. The third-order valence-corrected chi connectivity index (χ3v) is 6.06. The third kappa shape index (κ3) is 3.15. The summed E-state index contributed by atoms with van der Waals surface area (Å²) in [5.74, 6) is -0.507. The predicted molar refractivity (Wildman–Crippen MR) is 77.8 cm³/mol. The summed E-state index contributed by atoms with van der Waals surface area (Å²) in [4.78, 5) is 0.128. The minimum Gasteiger partial charge on any atom is -0.207 e. The highest BCUT2D eigenvalue weighted by Gasteiger charge is 2.30. The minimum atomic E-state index is -3.58. The molecular weight excluding hydrogens is 301 g/mol. The van der Waals surface area contributed by atoms with Crippen LogP contribution in [0.4, 0.5) is 4.39 Å². The van der Waals surface area contributed by atoms with Crippen LogP contribution in [0.1, 0.15) is 38.2 Å². The van der Waals surface area contributed by atoms with E-state index in [-0.39, 0.29) is 22.4 Å². The maximum atomic E-state index is 13.4. The topological polar surface area (TPSA) is 37.4 Å². The number of rotatable bonds is 3. The molecule has 1 saturated heterocycles. The Hall–Kier alpha value is -0.650. The SMILES string of the molecule is CC1CCCCCN1S(=O)(=O)c1ccc(F)c(CCl)c1. The highest BCUT2D eigenvalue weighted by atomic mass is 35.5. The van der Waals surface area contributed by atoms with Gasteiger partial charge in [0.25, 0.3) is 0 Å². The standard InChI is InChI=1S/C14H19ClFNO2S/c1-11-5-3-2-4-8-17(11)20(18,19)13-6-7-14(16)12(9-13)10-15/h6-7,9,11H,2-5,8,10H2,1H3. The number of hydrogen-bond acceptors (Lipinski definition) is 2. The summed E-state index contributed by atoms with van der Waals surface area (Å²) in [6, 6.07) is 3.81. The molecule has 0 aliphatic carbocycles. The molecule has 0 aromatic heterocycles. The van der Waals surface area contributed by atoms with E-state index in [1.54, 1.807) is 0 Å². The van der Waals surface area contributed by atoms with Crippen molar-refractivity contribution in [3.05, 3.63) is 29.6 Å². The Morgan fingerprint density at radius 2 is 2.10 bits per heavy atom. The van der Waals surface area contributed by atoms with Crippen molar-refractivity contribution in [3.63, 3.8) is 0 Å². The average Bonchev–Trinajstić information content (AvgIpc) is 2.64. The van der Waals surface area contributed by atoms with E-state index in [1.807, 2.05) is 6.92 Å². The first kappa shape index (κ1) is 15.7. The van der Waals surface area contributed by atoms with Gasteiger partial charge in [0.15, 0.2) is 0 Å². The maximum absolute atomic E-state index is 13.4. The molecular formula is C14H19ClFNO2S. The molecule has 1 unspecified atom stereocenters. The van der Waals surface area contributed by atoms with Crippen LogP contribution in [-0.4, -0.2) is 25.3 Å². The van der Waals surface area contributed by atoms with Crippen LogP contribution >= 0.6 is 11.6 Å². The number of nitrogens with zero attached hydrogens (tertiary/aromatic N) is 1. The van der Waals surface area contributed by atoms with E-state index >= 15 is 0 Å². The van der Waals surface area contributed by atoms with Gasteiger partial charge in [-0.25, -0.2) is 12.8 Å². The van der Waals surface area contributed by atoms with Crippen molar-refractivity contribution in [2.24, 2.45) is 0 Å². The second-order valence-corrected chi connectivity index (χ2v) is 7.36. The van der Waals surface area contributed by atoms with Crippen LogP contribution in [0.3, 0.4) is 0 Å². The van der Waals surface area contributed by atoms with Crippen molar-refractivity contribution in [2.75, 3.05) is 6.54 Å². The lowest BCUT2D eigenvalue weighted by Gasteiger charge is -2.26. The van der Waals surface area contributed by atoms with Crippen molar-refractivity contribution < 1.29 is 12.8 Å². The minimum absolute atomic E-state index is 0.0213. The fourth-order valence-electron chi connectivity index (χ4n) is 2.55. The van der Waals surface area contributed by atoms with Gasteiger partial charge in [-0.1, -0.05) is 12.8 Å². The van der Waals surface area contributed by atoms with Crippen LogP contribution in [0.15, 0.2) is 23.1 Å². The molecule has 1 aromatic rings. The van der Waals surface area contributed by atoms with Gasteiger partial charge in [-0.05, 0) is 38.0 Å². The molecule has 0 spiro atoms. The first-order valence-corrected chi connectivity index (χ1v) is 8.80. The predicted octanol–water partition coefficient (Wildman–Crippen LogP) is 3.52. The first-order chi connectivity index (χ1) is 9.46. The second-order valence-electron chi connectivity index (χ2n) is 5.20. The number of benzene rings is 1. The van der Waals surface area contributed by atoms with E-state index in [4.69, 9.17) is 11.6 Å². The third-order valence-electron chi connectivity index (χ3n) is 3.76. The Morgan fingerprint density at radius 1 is 1.35 bits per heavy atom. The molecule has 0 radical (unpaired) electrons. The van der Waals surface area contributed by atoms with E-state index in [0.717, 1.165) is 25.7 Å². The summed E-state index contributed by atoms with van der Waals surface area (Å²) in [7, 11) is -3.58. The second kappa shape index (κ2) is 6.41. The first-order valence-electron chi connectivity index (χ1n) is 6.83. The highest BCUT2D eigenvalue weighted by Crippen LogP contribution is 2.26. The van der Waals surface area contributed by atoms with Crippen LogP contribution < -0.4 is 0 Å². The van der Waals surface area contributed by atoms with Gasteiger partial charge in [-0.15, -0.1) is 11.6 Å². The van der Waals surface area contributed by atoms with E-state index in [0.29, 0.717) is 6.54 Å². The Kier molecular flexibility index (Phi) is 5.04. The van der Waals surface area contributed by atoms with Gasteiger partial charge in [-0.2, -0.15) is 4.31 Å². The Bertz CT molecular complexity index is 577. The lowest BCUT2D eigenvalue weighted by atomic mass is 10.1. The van der Waals surface area contributed by atoms with Crippen LogP contribution in [-0.2, 0) is 15.9 Å². The van der Waals surface area contributed by atoms with Gasteiger partial charge >= 0.3 is 0 Å². The monoisotopic (exact) mass is 319 g/mol. The summed E-state index contributed by atoms with van der Waals surface area (Å²) in [6.45, 7) is 2.45. The van der Waals surface area contributed by atoms with Crippen molar-refractivity contribution in [1.82, 2.24) is 4.31 Å². The molecule has 0 bridgehead atoms. The van der Waals surface area contributed by atoms with Crippen molar-refractivity contribution in [2.45, 2.75) is 49.4 Å². The smallest absolute Gasteiger partial charge is 0.207 e. The molecule has 1 atom stereocenters. The van der Waals surface area contributed by atoms with E-state index in [1.165, 1.54) is 22.5 Å². The summed E-state index contributed by atoms with van der Waals surface area (Å²) in [6.07, 6.45) is 3.83. The molecule has 0 saturated carbocycles. The Morgan fingerprint density at radius 3 is 2.80 bits per heavy atom. The van der Waals surface area contributed by atoms with Crippen LogP contribution in [0.25, 0.3) is 0 Å². The van der Waals surface area contributed by atoms with Crippen molar-refractivity contribution in [3.8, 4) is 0 Å². The number of halogens is 2. The normalized spacial score (nSPS) is 21.6. The van der Waals surface area contributed by atoms with Crippen molar-refractivity contribution in [1.29, 1.82) is 0 Å². The molecule has 1 heterocycles. The number of hydrogen-bond donors (Lipinski definition) is 0. The number of sulfonamides is 1. The van der Waals surface area contributed by atoms with Gasteiger partial charge < -0.3 is 0 Å². The molecule has 1 aliphatic rings. The summed E-state index contributed by atoms with van der Waals surface area (Å²) in [5, 5.41) is 0. The quantitative estimate of drug-likeness (QED) is 0.799. The number of alkyl halides is 1. The molecule has 0 N–H and O–H groups in total. The van der Waals surface area contributed by atoms with E-state index < -0.39 is 15.8 Å². The average molecular weight is 320 g/mol. The molecule has 3 nitrogen and oxygen atoms in total. The summed E-state index contributed by atoms with van der Waals surface area (Å²) < 4.78 is 40.4. The van der Waals surface area contributed by atoms with Crippen LogP contribution in [0.2, 0.25) is 0 Å². The zero-order chi connectivity index (χ0) is 14.8. The zero-order valence-corrected chi connectivity index (χ0v) is 13.1. The van der Waals surface area contributed by atoms with E-state index in [2.05, 4.69) is 0 Å². The lowest BCUT2D eigenvalue weighted by Crippen LogP contribution is -2.38. The molecule has 1 aromatic carbocycles. The summed E-state index contributed by atoms with van der Waals surface area (Å²) >= 11 is 5.65. The summed E-state index contributed by atoms with van der Waals surface area (Å²) in [5.41, 5.74) is 0.218. The molecule has 20 heavy (non-hydrogen) atoms. The fraction of sp³-hybridized carbons (Fsp3) is 0.571. The fourth-order valence-corrected chi connectivity index (χ4v) is 4.51.